The minimum Gasteiger partial charge on any atom is -0.481 e. The van der Waals surface area contributed by atoms with E-state index in [1.54, 1.807) is 0 Å². The van der Waals surface area contributed by atoms with E-state index >= 15 is 0 Å². The van der Waals surface area contributed by atoms with Crippen molar-refractivity contribution in [2.24, 2.45) is 50.2 Å². The molecule has 2 saturated heterocycles. The van der Waals surface area contributed by atoms with Crippen molar-refractivity contribution in [1.82, 2.24) is 0 Å². The lowest BCUT2D eigenvalue weighted by molar-refractivity contribution is -0.379. The molecule has 2 unspecified atom stereocenters. The van der Waals surface area contributed by atoms with Crippen LogP contribution in [0.1, 0.15) is 106 Å². The van der Waals surface area contributed by atoms with Gasteiger partial charge in [-0.05, 0) is 104 Å². The summed E-state index contributed by atoms with van der Waals surface area (Å²) in [7, 11) is 0. The third kappa shape index (κ3) is 6.21. The maximum Gasteiger partial charge on any atom is 0.310 e. The van der Waals surface area contributed by atoms with Gasteiger partial charge in [0.15, 0.2) is 12.6 Å². The fourth-order valence-corrected chi connectivity index (χ4v) is 13.7. The Hall–Kier alpha value is -1.27. The van der Waals surface area contributed by atoms with Gasteiger partial charge in [0.2, 0.25) is 0 Å². The van der Waals surface area contributed by atoms with Gasteiger partial charge in [0, 0.05) is 5.41 Å². The molecule has 2 heterocycles. The second-order valence-electron chi connectivity index (χ2n) is 20.5. The lowest BCUT2D eigenvalue weighted by atomic mass is 9.33. The first-order chi connectivity index (χ1) is 26.2. The standard InChI is InChI=1S/C42H68O14/c1-37(2)13-15-42(36(51)52)16-14-40(5)21(22(42)17-37)7-8-26-38(3)11-10-27(39(4,20-45)25(38)9-12-41(26,40)6)55-35-33(31(49)29(47)24(19-44)54-35)56-34-32(50)30(48)28(46)23(18-43)53-34/h7,22-35,43-50H,8-20H2,1-6H3,(H,51,52)/t22-,23+,24+,25?,26?,27-,28+,29+,30-,31-,32+,33+,34-,35-,38-,39-,40+,41+,42-/m1/s1. The second kappa shape index (κ2) is 14.7. The molecule has 14 heteroatoms. The Morgan fingerprint density at radius 2 is 1.36 bits per heavy atom. The van der Waals surface area contributed by atoms with Crippen LogP contribution in [-0.4, -0.2) is 139 Å². The molecule has 7 aliphatic rings. The molecule has 9 N–H and O–H groups in total. The normalized spacial score (nSPS) is 54.1. The quantitative estimate of drug-likeness (QED) is 0.126. The van der Waals surface area contributed by atoms with Crippen molar-refractivity contribution in [3.05, 3.63) is 11.6 Å². The van der Waals surface area contributed by atoms with Crippen LogP contribution in [0.3, 0.4) is 0 Å². The zero-order chi connectivity index (χ0) is 41.0. The first-order valence-electron chi connectivity index (χ1n) is 21.0. The first-order valence-corrected chi connectivity index (χ1v) is 21.0. The Bertz CT molecular complexity index is 1500. The molecule has 2 aliphatic heterocycles. The van der Waals surface area contributed by atoms with Gasteiger partial charge in [-0.15, -0.1) is 0 Å². The molecule has 14 nitrogen and oxygen atoms in total. The summed E-state index contributed by atoms with van der Waals surface area (Å²) >= 11 is 0. The number of carboxylic acid groups (broad SMARTS) is 1. The summed E-state index contributed by atoms with van der Waals surface area (Å²) in [5.74, 6) is -0.394. The Labute approximate surface area is 330 Å². The van der Waals surface area contributed by atoms with Crippen LogP contribution in [0.4, 0.5) is 0 Å². The Morgan fingerprint density at radius 3 is 1.98 bits per heavy atom. The minimum atomic E-state index is -1.79. The van der Waals surface area contributed by atoms with Crippen molar-refractivity contribution < 1.29 is 69.7 Å². The lowest BCUT2D eigenvalue weighted by Gasteiger charge is -2.71. The predicted molar refractivity (Wildman–Crippen MR) is 199 cm³/mol. The molecule has 19 atom stereocenters. The molecule has 7 rings (SSSR count). The number of rotatable bonds is 8. The third-order valence-corrected chi connectivity index (χ3v) is 17.4. The smallest absolute Gasteiger partial charge is 0.310 e. The number of hydrogen-bond acceptors (Lipinski definition) is 13. The SMILES string of the molecule is CC1(C)CC[C@@]2(C(=O)O)CC[C@@]3(C)C(=CCC4[C@]5(C)CC[C@@H](O[C@H]6O[C@@H](CO)[C@H](O)[C@@H](O)[C@@H]6O[C@H]6O[C@@H](CO)[C@H](O)[C@@H](O)[C@@H]6O)[C@](C)(CO)C5CC[C@@]43C)[C@H]2C1. The number of ether oxygens (including phenoxy) is 4. The zero-order valence-electron chi connectivity index (χ0n) is 33.9. The maximum atomic E-state index is 13.1. The molecule has 6 fully saturated rings. The third-order valence-electron chi connectivity index (χ3n) is 17.4. The van der Waals surface area contributed by atoms with Crippen LogP contribution >= 0.6 is 0 Å². The van der Waals surface area contributed by atoms with Crippen LogP contribution in [0.25, 0.3) is 0 Å². The molecule has 56 heavy (non-hydrogen) atoms. The highest BCUT2D eigenvalue weighted by atomic mass is 16.8. The van der Waals surface area contributed by atoms with Crippen molar-refractivity contribution in [1.29, 1.82) is 0 Å². The number of carbonyl (C=O) groups is 1. The number of aliphatic carboxylic acids is 1. The summed E-state index contributed by atoms with van der Waals surface area (Å²) in [6.45, 7) is 12.2. The number of carboxylic acids is 1. The van der Waals surface area contributed by atoms with Crippen LogP contribution < -0.4 is 0 Å². The summed E-state index contributed by atoms with van der Waals surface area (Å²) in [5, 5.41) is 95.5. The Balaban J connectivity index is 1.17. The van der Waals surface area contributed by atoms with Crippen molar-refractivity contribution in [3.8, 4) is 0 Å². The molecule has 0 bridgehead atoms. The fourth-order valence-electron chi connectivity index (χ4n) is 13.7. The molecular weight excluding hydrogens is 728 g/mol. The second-order valence-corrected chi connectivity index (χ2v) is 20.5. The van der Waals surface area contributed by atoms with E-state index in [4.69, 9.17) is 18.9 Å². The van der Waals surface area contributed by atoms with Gasteiger partial charge in [-0.3, -0.25) is 4.79 Å². The van der Waals surface area contributed by atoms with E-state index in [1.165, 1.54) is 5.57 Å². The van der Waals surface area contributed by atoms with Crippen LogP contribution in [0.15, 0.2) is 11.6 Å². The van der Waals surface area contributed by atoms with Crippen molar-refractivity contribution in [2.75, 3.05) is 19.8 Å². The highest BCUT2D eigenvalue weighted by Crippen LogP contribution is 2.76. The molecular formula is C42H68O14. The van der Waals surface area contributed by atoms with E-state index in [1.807, 2.05) is 6.92 Å². The van der Waals surface area contributed by atoms with E-state index in [2.05, 4.69) is 40.7 Å². The predicted octanol–water partition coefficient (Wildman–Crippen LogP) is 1.85. The van der Waals surface area contributed by atoms with Crippen molar-refractivity contribution in [3.63, 3.8) is 0 Å². The summed E-state index contributed by atoms with van der Waals surface area (Å²) in [5.41, 5.74) is -0.607. The molecule has 0 radical (unpaired) electrons. The summed E-state index contributed by atoms with van der Waals surface area (Å²) < 4.78 is 24.3. The fraction of sp³-hybridized carbons (Fsp3) is 0.929. The van der Waals surface area contributed by atoms with E-state index in [0.29, 0.717) is 19.3 Å². The van der Waals surface area contributed by atoms with Crippen LogP contribution in [0.2, 0.25) is 0 Å². The van der Waals surface area contributed by atoms with Crippen LogP contribution in [-0.2, 0) is 23.7 Å². The Morgan fingerprint density at radius 1 is 0.732 bits per heavy atom. The minimum absolute atomic E-state index is 0.00269. The average molecular weight is 797 g/mol. The highest BCUT2D eigenvalue weighted by Gasteiger charge is 2.70. The van der Waals surface area contributed by atoms with Crippen molar-refractivity contribution >= 4 is 5.97 Å². The topological polar surface area (TPSA) is 236 Å². The number of hydrogen-bond donors (Lipinski definition) is 9. The average Bonchev–Trinajstić information content (AvgIpc) is 3.15. The molecule has 0 spiro atoms. The molecule has 0 aromatic rings. The summed E-state index contributed by atoms with van der Waals surface area (Å²) in [6.07, 6.45) is -6.00. The van der Waals surface area contributed by atoms with Gasteiger partial charge in [0.1, 0.15) is 48.8 Å². The maximum absolute atomic E-state index is 13.1. The molecule has 5 aliphatic carbocycles. The monoisotopic (exact) mass is 796 g/mol. The largest absolute Gasteiger partial charge is 0.481 e. The van der Waals surface area contributed by atoms with E-state index in [9.17, 15) is 50.8 Å². The van der Waals surface area contributed by atoms with Gasteiger partial charge < -0.3 is 64.9 Å². The van der Waals surface area contributed by atoms with Gasteiger partial charge >= 0.3 is 5.97 Å². The van der Waals surface area contributed by atoms with Gasteiger partial charge in [-0.25, -0.2) is 0 Å². The molecule has 4 saturated carbocycles. The van der Waals surface area contributed by atoms with Crippen LogP contribution in [0.5, 0.6) is 0 Å². The lowest BCUT2D eigenvalue weighted by Crippen LogP contribution is -2.67. The first kappa shape index (κ1) is 42.8. The number of allylic oxidation sites excluding steroid dienone is 2. The number of aliphatic hydroxyl groups is 8. The van der Waals surface area contributed by atoms with Gasteiger partial charge in [-0.1, -0.05) is 53.2 Å². The Kier molecular flexibility index (Phi) is 11.3. The van der Waals surface area contributed by atoms with Crippen molar-refractivity contribution in [2.45, 2.75) is 173 Å². The van der Waals surface area contributed by atoms with Gasteiger partial charge in [-0.2, -0.15) is 0 Å². The zero-order valence-corrected chi connectivity index (χ0v) is 33.9. The summed E-state index contributed by atoms with van der Waals surface area (Å²) in [4.78, 5) is 13.1. The number of aliphatic hydroxyl groups excluding tert-OH is 8. The van der Waals surface area contributed by atoms with E-state index < -0.39 is 97.5 Å². The van der Waals surface area contributed by atoms with E-state index in [0.717, 1.165) is 44.9 Å². The molecule has 0 amide bonds. The summed E-state index contributed by atoms with van der Waals surface area (Å²) in [6, 6.07) is 0. The van der Waals surface area contributed by atoms with Gasteiger partial charge in [0.05, 0.1) is 31.3 Å². The van der Waals surface area contributed by atoms with Gasteiger partial charge in [0.25, 0.3) is 0 Å². The van der Waals surface area contributed by atoms with Crippen LogP contribution in [0, 0.1) is 50.2 Å². The molecule has 0 aromatic carbocycles. The molecule has 0 aromatic heterocycles. The van der Waals surface area contributed by atoms with E-state index in [-0.39, 0.29) is 46.0 Å². The molecule has 320 valence electrons. The highest BCUT2D eigenvalue weighted by molar-refractivity contribution is 5.76. The number of fused-ring (bicyclic) bond motifs is 7.